The number of aromatic nitrogens is 1. The third-order valence-corrected chi connectivity index (χ3v) is 6.13. The third-order valence-electron chi connectivity index (χ3n) is 4.50. The molecule has 0 aliphatic rings. The molecular weight excluding hydrogens is 396 g/mol. The normalized spacial score (nSPS) is 11.6. The Morgan fingerprint density at radius 2 is 1.88 bits per heavy atom. The van der Waals surface area contributed by atoms with E-state index >= 15 is 0 Å². The van der Waals surface area contributed by atoms with Crippen molar-refractivity contribution in [2.24, 2.45) is 7.05 Å². The van der Waals surface area contributed by atoms with Gasteiger partial charge in [-0.25, -0.2) is 0 Å². The zero-order valence-corrected chi connectivity index (χ0v) is 17.4. The Morgan fingerprint density at radius 1 is 1.20 bits per heavy atom. The van der Waals surface area contributed by atoms with Crippen molar-refractivity contribution in [3.63, 3.8) is 0 Å². The van der Waals surface area contributed by atoms with Gasteiger partial charge in [-0.1, -0.05) is 18.2 Å². The molecule has 3 nitrogen and oxygen atoms in total. The van der Waals surface area contributed by atoms with Crippen molar-refractivity contribution in [3.05, 3.63) is 57.7 Å². The molecule has 1 N–H and O–H groups in total. The van der Waals surface area contributed by atoms with Gasteiger partial charge in [0.15, 0.2) is 0 Å². The number of benzene rings is 2. The molecule has 1 aromatic heterocycles. The first-order valence-corrected chi connectivity index (χ1v) is 9.98. The molecule has 1 heterocycles. The van der Waals surface area contributed by atoms with Gasteiger partial charge in [0, 0.05) is 46.4 Å². The Morgan fingerprint density at radius 3 is 2.52 bits per heavy atom. The lowest BCUT2D eigenvalue weighted by atomic mass is 10.0. The number of aromatic hydroxyl groups is 1. The Balaban J connectivity index is 2.08. The summed E-state index contributed by atoms with van der Waals surface area (Å²) in [5.74, 6) is 1.25. The summed E-state index contributed by atoms with van der Waals surface area (Å²) in [5, 5.41) is 11.8. The number of fused-ring (bicyclic) bond motifs is 1. The standard InChI is InChI=1S/C20H23BrN2OS/c1-13-18(12-25-14-8-6-5-7-9-14)23(4)17-10-16(21)20(24)15(19(13)17)11-22(2)3/h5-10,24H,11-12H2,1-4H3. The summed E-state index contributed by atoms with van der Waals surface area (Å²) in [5.41, 5.74) is 4.68. The molecule has 0 radical (unpaired) electrons. The maximum absolute atomic E-state index is 10.6. The van der Waals surface area contributed by atoms with E-state index in [9.17, 15) is 5.11 Å². The lowest BCUT2D eigenvalue weighted by molar-refractivity contribution is 0.387. The smallest absolute Gasteiger partial charge is 0.135 e. The number of phenolic OH excluding ortho intramolecular Hbond substituents is 1. The van der Waals surface area contributed by atoms with Gasteiger partial charge < -0.3 is 14.6 Å². The number of hydrogen-bond donors (Lipinski definition) is 1. The van der Waals surface area contributed by atoms with Crippen LogP contribution in [0.5, 0.6) is 5.75 Å². The van der Waals surface area contributed by atoms with Gasteiger partial charge in [-0.05, 0) is 60.7 Å². The molecule has 0 spiro atoms. The molecule has 25 heavy (non-hydrogen) atoms. The molecule has 0 bridgehead atoms. The molecule has 0 unspecified atom stereocenters. The molecule has 0 aliphatic heterocycles. The van der Waals surface area contributed by atoms with E-state index in [1.165, 1.54) is 21.5 Å². The van der Waals surface area contributed by atoms with E-state index in [0.717, 1.165) is 21.3 Å². The van der Waals surface area contributed by atoms with E-state index in [4.69, 9.17) is 0 Å². The van der Waals surface area contributed by atoms with Crippen LogP contribution in [0.3, 0.4) is 0 Å². The quantitative estimate of drug-likeness (QED) is 0.569. The number of nitrogens with zero attached hydrogens (tertiary/aromatic N) is 2. The Bertz CT molecular complexity index is 903. The topological polar surface area (TPSA) is 28.4 Å². The van der Waals surface area contributed by atoms with E-state index in [1.54, 1.807) is 0 Å². The molecular formula is C20H23BrN2OS. The first-order valence-electron chi connectivity index (χ1n) is 8.21. The lowest BCUT2D eigenvalue weighted by Crippen LogP contribution is -2.11. The van der Waals surface area contributed by atoms with Crippen molar-refractivity contribution in [2.75, 3.05) is 14.1 Å². The fourth-order valence-corrected chi connectivity index (χ4v) is 4.76. The molecule has 5 heteroatoms. The van der Waals surface area contributed by atoms with Crippen molar-refractivity contribution in [1.29, 1.82) is 0 Å². The minimum atomic E-state index is 0.345. The summed E-state index contributed by atoms with van der Waals surface area (Å²) in [6.45, 7) is 2.87. The van der Waals surface area contributed by atoms with E-state index in [-0.39, 0.29) is 0 Å². The van der Waals surface area contributed by atoms with Crippen LogP contribution in [0.2, 0.25) is 0 Å². The van der Waals surface area contributed by atoms with Crippen LogP contribution >= 0.6 is 27.7 Å². The maximum Gasteiger partial charge on any atom is 0.135 e. The second-order valence-corrected chi connectivity index (χ2v) is 8.45. The highest BCUT2D eigenvalue weighted by Crippen LogP contribution is 2.40. The lowest BCUT2D eigenvalue weighted by Gasteiger charge is -2.14. The molecule has 0 fully saturated rings. The summed E-state index contributed by atoms with van der Waals surface area (Å²) in [7, 11) is 6.16. The van der Waals surface area contributed by atoms with Gasteiger partial charge in [0.1, 0.15) is 5.75 Å². The number of halogens is 1. The highest BCUT2D eigenvalue weighted by Gasteiger charge is 2.20. The molecule has 0 amide bonds. The van der Waals surface area contributed by atoms with Gasteiger partial charge in [-0.15, -0.1) is 11.8 Å². The van der Waals surface area contributed by atoms with Crippen molar-refractivity contribution < 1.29 is 5.11 Å². The fraction of sp³-hybridized carbons (Fsp3) is 0.300. The summed E-state index contributed by atoms with van der Waals surface area (Å²) in [6.07, 6.45) is 0. The number of phenols is 1. The van der Waals surface area contributed by atoms with Crippen LogP contribution in [0, 0.1) is 6.92 Å². The highest BCUT2D eigenvalue weighted by molar-refractivity contribution is 9.10. The first kappa shape index (κ1) is 18.4. The van der Waals surface area contributed by atoms with Crippen LogP contribution in [0.15, 0.2) is 45.8 Å². The number of aryl methyl sites for hydroxylation is 2. The van der Waals surface area contributed by atoms with Crippen molar-refractivity contribution in [3.8, 4) is 5.75 Å². The molecule has 0 saturated heterocycles. The van der Waals surface area contributed by atoms with Crippen LogP contribution in [-0.2, 0) is 19.3 Å². The molecule has 3 aromatic rings. The largest absolute Gasteiger partial charge is 0.506 e. The summed E-state index contributed by atoms with van der Waals surface area (Å²) in [4.78, 5) is 3.36. The molecule has 0 atom stereocenters. The van der Waals surface area contributed by atoms with Crippen LogP contribution in [0.1, 0.15) is 16.8 Å². The number of hydrogen-bond acceptors (Lipinski definition) is 3. The third kappa shape index (κ3) is 3.59. The predicted octanol–water partition coefficient (Wildman–Crippen LogP) is 5.31. The average Bonchev–Trinajstić information content (AvgIpc) is 2.81. The van der Waals surface area contributed by atoms with Crippen molar-refractivity contribution in [1.82, 2.24) is 9.47 Å². The van der Waals surface area contributed by atoms with Crippen LogP contribution < -0.4 is 0 Å². The predicted molar refractivity (Wildman–Crippen MR) is 110 cm³/mol. The second kappa shape index (κ2) is 7.44. The zero-order chi connectivity index (χ0) is 18.1. The molecule has 2 aromatic carbocycles. The minimum Gasteiger partial charge on any atom is -0.506 e. The van der Waals surface area contributed by atoms with Gasteiger partial charge in [0.25, 0.3) is 0 Å². The molecule has 132 valence electrons. The average molecular weight is 419 g/mol. The Labute approximate surface area is 161 Å². The summed E-state index contributed by atoms with van der Waals surface area (Å²) < 4.78 is 3.00. The van der Waals surface area contributed by atoms with Crippen LogP contribution in [0.25, 0.3) is 10.9 Å². The highest BCUT2D eigenvalue weighted by atomic mass is 79.9. The maximum atomic E-state index is 10.6. The van der Waals surface area contributed by atoms with E-state index in [0.29, 0.717) is 12.3 Å². The second-order valence-electron chi connectivity index (χ2n) is 6.55. The van der Waals surface area contributed by atoms with E-state index < -0.39 is 0 Å². The zero-order valence-electron chi connectivity index (χ0n) is 15.0. The van der Waals surface area contributed by atoms with Gasteiger partial charge in [0.2, 0.25) is 0 Å². The fourth-order valence-electron chi connectivity index (χ4n) is 3.25. The van der Waals surface area contributed by atoms with E-state index in [1.807, 2.05) is 38.0 Å². The van der Waals surface area contributed by atoms with Crippen LogP contribution in [-0.4, -0.2) is 28.7 Å². The number of thioether (sulfide) groups is 1. The molecule has 0 saturated carbocycles. The van der Waals surface area contributed by atoms with Crippen molar-refractivity contribution >= 4 is 38.6 Å². The van der Waals surface area contributed by atoms with Gasteiger partial charge in [0.05, 0.1) is 4.47 Å². The molecule has 0 aliphatic carbocycles. The summed E-state index contributed by atoms with van der Waals surface area (Å²) in [6, 6.07) is 12.5. The van der Waals surface area contributed by atoms with Gasteiger partial charge >= 0.3 is 0 Å². The summed E-state index contributed by atoms with van der Waals surface area (Å²) >= 11 is 5.35. The van der Waals surface area contributed by atoms with Gasteiger partial charge in [-0.3, -0.25) is 0 Å². The Kier molecular flexibility index (Phi) is 5.46. The number of rotatable bonds is 5. The SMILES string of the molecule is Cc1c(CSc2ccccc2)n(C)c2cc(Br)c(O)c(CN(C)C)c12. The van der Waals surface area contributed by atoms with Crippen molar-refractivity contribution in [2.45, 2.75) is 24.1 Å². The van der Waals surface area contributed by atoms with E-state index in [2.05, 4.69) is 63.6 Å². The minimum absolute atomic E-state index is 0.345. The van der Waals surface area contributed by atoms with Crippen LogP contribution in [0.4, 0.5) is 0 Å². The Hall–Kier alpha value is -1.43. The monoisotopic (exact) mass is 418 g/mol. The molecule has 3 rings (SSSR count). The van der Waals surface area contributed by atoms with Gasteiger partial charge in [-0.2, -0.15) is 0 Å². The first-order chi connectivity index (χ1) is 11.9.